The second kappa shape index (κ2) is 9.72. The molecule has 0 atom stereocenters. The van der Waals surface area contributed by atoms with Crippen LogP contribution >= 0.6 is 0 Å². The molecule has 0 aliphatic carbocycles. The molecule has 7 heteroatoms. The van der Waals surface area contributed by atoms with E-state index >= 15 is 0 Å². The van der Waals surface area contributed by atoms with Gasteiger partial charge in [0.1, 0.15) is 17.9 Å². The summed E-state index contributed by atoms with van der Waals surface area (Å²) in [7, 11) is 0. The van der Waals surface area contributed by atoms with Crippen LogP contribution in [0, 0.1) is 0 Å². The van der Waals surface area contributed by atoms with E-state index in [-0.39, 0.29) is 0 Å². The fourth-order valence-electron chi connectivity index (χ4n) is 2.53. The summed E-state index contributed by atoms with van der Waals surface area (Å²) in [6, 6.07) is 9.76. The number of anilines is 2. The van der Waals surface area contributed by atoms with Gasteiger partial charge in [0, 0.05) is 19.2 Å². The minimum atomic E-state index is 0.664. The van der Waals surface area contributed by atoms with Crippen molar-refractivity contribution in [3.05, 3.63) is 42.2 Å². The average molecular weight is 355 g/mol. The molecule has 138 valence electrons. The Balaban J connectivity index is 1.53. The standard InChI is InChI=1S/C19H25N5O2/c1-2-3-10-26-17-6-4-16(5-7-17)14-22-23-18-13-19(21-15-20-18)24-8-11-25-12-9-24/h4-7,13-15H,2-3,8-12H2,1H3,(H,20,21,23)/b22-14+. The Hall–Kier alpha value is -2.67. The minimum Gasteiger partial charge on any atom is -0.494 e. The van der Waals surface area contributed by atoms with Gasteiger partial charge in [-0.3, -0.25) is 5.43 Å². The molecule has 0 amide bonds. The Morgan fingerprint density at radius 1 is 1.23 bits per heavy atom. The number of morpholine rings is 1. The van der Waals surface area contributed by atoms with Gasteiger partial charge in [-0.25, -0.2) is 9.97 Å². The van der Waals surface area contributed by atoms with Crippen LogP contribution in [-0.2, 0) is 4.74 Å². The maximum Gasteiger partial charge on any atom is 0.151 e. The number of hydrazone groups is 1. The van der Waals surface area contributed by atoms with Gasteiger partial charge < -0.3 is 14.4 Å². The monoisotopic (exact) mass is 355 g/mol. The molecule has 7 nitrogen and oxygen atoms in total. The fraction of sp³-hybridized carbons (Fsp3) is 0.421. The summed E-state index contributed by atoms with van der Waals surface area (Å²) in [5.41, 5.74) is 3.95. The molecule has 1 aromatic carbocycles. The predicted molar refractivity (Wildman–Crippen MR) is 103 cm³/mol. The van der Waals surface area contributed by atoms with Gasteiger partial charge in [0.2, 0.25) is 0 Å². The van der Waals surface area contributed by atoms with Crippen molar-refractivity contribution >= 4 is 17.9 Å². The first kappa shape index (κ1) is 18.1. The van der Waals surface area contributed by atoms with Crippen LogP contribution in [0.5, 0.6) is 5.75 Å². The molecule has 3 rings (SSSR count). The van der Waals surface area contributed by atoms with E-state index in [2.05, 4.69) is 32.3 Å². The number of hydrogen-bond acceptors (Lipinski definition) is 7. The first-order valence-corrected chi connectivity index (χ1v) is 9.02. The maximum atomic E-state index is 5.66. The van der Waals surface area contributed by atoms with E-state index in [0.717, 1.165) is 62.9 Å². The molecule has 0 radical (unpaired) electrons. The van der Waals surface area contributed by atoms with Crippen molar-refractivity contribution in [2.45, 2.75) is 19.8 Å². The normalized spacial score (nSPS) is 14.6. The second-order valence-corrected chi connectivity index (χ2v) is 6.00. The number of unbranched alkanes of at least 4 members (excludes halogenated alkanes) is 1. The van der Waals surface area contributed by atoms with Gasteiger partial charge in [-0.05, 0) is 36.2 Å². The SMILES string of the molecule is CCCCOc1ccc(/C=N/Nc2cc(N3CCOCC3)ncn2)cc1. The highest BCUT2D eigenvalue weighted by Crippen LogP contribution is 2.15. The number of benzene rings is 1. The van der Waals surface area contributed by atoms with Crippen LogP contribution in [0.4, 0.5) is 11.6 Å². The van der Waals surface area contributed by atoms with Gasteiger partial charge in [0.05, 0.1) is 26.0 Å². The van der Waals surface area contributed by atoms with Crippen LogP contribution in [-0.4, -0.2) is 49.1 Å². The molecule has 1 saturated heterocycles. The smallest absolute Gasteiger partial charge is 0.151 e. The third-order valence-corrected chi connectivity index (χ3v) is 4.03. The first-order chi connectivity index (χ1) is 12.8. The summed E-state index contributed by atoms with van der Waals surface area (Å²) < 4.78 is 11.0. The zero-order chi connectivity index (χ0) is 18.0. The summed E-state index contributed by atoms with van der Waals surface area (Å²) in [6.45, 7) is 6.03. The molecule has 1 aliphatic rings. The lowest BCUT2D eigenvalue weighted by Gasteiger charge is -2.27. The van der Waals surface area contributed by atoms with Crippen LogP contribution in [0.15, 0.2) is 41.8 Å². The molecule has 1 aromatic heterocycles. The number of aromatic nitrogens is 2. The van der Waals surface area contributed by atoms with Crippen molar-refractivity contribution in [2.75, 3.05) is 43.2 Å². The largest absolute Gasteiger partial charge is 0.494 e. The molecule has 1 fully saturated rings. The molecule has 2 aromatic rings. The summed E-state index contributed by atoms with van der Waals surface area (Å²) in [5, 5.41) is 4.25. The van der Waals surface area contributed by atoms with Crippen LogP contribution in [0.25, 0.3) is 0 Å². The number of hydrogen-bond donors (Lipinski definition) is 1. The van der Waals surface area contributed by atoms with Crippen LogP contribution in [0.3, 0.4) is 0 Å². The Bertz CT molecular complexity index is 699. The fourth-order valence-corrected chi connectivity index (χ4v) is 2.53. The number of nitrogens with zero attached hydrogens (tertiary/aromatic N) is 4. The van der Waals surface area contributed by atoms with E-state index in [1.54, 1.807) is 12.5 Å². The molecule has 0 saturated carbocycles. The van der Waals surface area contributed by atoms with Crippen LogP contribution in [0.1, 0.15) is 25.3 Å². The zero-order valence-corrected chi connectivity index (χ0v) is 15.1. The lowest BCUT2D eigenvalue weighted by atomic mass is 10.2. The molecule has 2 heterocycles. The van der Waals surface area contributed by atoms with E-state index in [1.165, 1.54) is 0 Å². The van der Waals surface area contributed by atoms with Crippen molar-refractivity contribution in [1.82, 2.24) is 9.97 Å². The Labute approximate surface area is 154 Å². The number of ether oxygens (including phenoxy) is 2. The topological polar surface area (TPSA) is 71.9 Å². The van der Waals surface area contributed by atoms with E-state index in [1.807, 2.05) is 30.3 Å². The van der Waals surface area contributed by atoms with E-state index < -0.39 is 0 Å². The molecular weight excluding hydrogens is 330 g/mol. The van der Waals surface area contributed by atoms with E-state index in [4.69, 9.17) is 9.47 Å². The quantitative estimate of drug-likeness (QED) is 0.446. The van der Waals surface area contributed by atoms with E-state index in [0.29, 0.717) is 5.82 Å². The van der Waals surface area contributed by atoms with Crippen molar-refractivity contribution in [2.24, 2.45) is 5.10 Å². The molecule has 0 spiro atoms. The predicted octanol–water partition coefficient (Wildman–Crippen LogP) is 2.94. The Morgan fingerprint density at radius 2 is 2.04 bits per heavy atom. The summed E-state index contributed by atoms with van der Waals surface area (Å²) >= 11 is 0. The Morgan fingerprint density at radius 3 is 2.81 bits per heavy atom. The van der Waals surface area contributed by atoms with Crippen LogP contribution < -0.4 is 15.1 Å². The lowest BCUT2D eigenvalue weighted by molar-refractivity contribution is 0.122. The van der Waals surface area contributed by atoms with Crippen molar-refractivity contribution in [3.8, 4) is 5.75 Å². The number of nitrogens with one attached hydrogen (secondary N) is 1. The van der Waals surface area contributed by atoms with Crippen molar-refractivity contribution in [1.29, 1.82) is 0 Å². The molecule has 1 aliphatic heterocycles. The van der Waals surface area contributed by atoms with E-state index in [9.17, 15) is 0 Å². The maximum absolute atomic E-state index is 5.66. The van der Waals surface area contributed by atoms with Crippen LogP contribution in [0.2, 0.25) is 0 Å². The highest BCUT2D eigenvalue weighted by atomic mass is 16.5. The van der Waals surface area contributed by atoms with Crippen molar-refractivity contribution in [3.63, 3.8) is 0 Å². The van der Waals surface area contributed by atoms with Gasteiger partial charge in [0.25, 0.3) is 0 Å². The third kappa shape index (κ3) is 5.42. The molecular formula is C19H25N5O2. The molecule has 26 heavy (non-hydrogen) atoms. The van der Waals surface area contributed by atoms with Gasteiger partial charge in [-0.1, -0.05) is 13.3 Å². The highest BCUT2D eigenvalue weighted by molar-refractivity contribution is 5.80. The van der Waals surface area contributed by atoms with Gasteiger partial charge >= 0.3 is 0 Å². The van der Waals surface area contributed by atoms with Crippen molar-refractivity contribution < 1.29 is 9.47 Å². The first-order valence-electron chi connectivity index (χ1n) is 9.02. The van der Waals surface area contributed by atoms with Gasteiger partial charge in [-0.15, -0.1) is 0 Å². The summed E-state index contributed by atoms with van der Waals surface area (Å²) in [6.07, 6.45) is 5.50. The summed E-state index contributed by atoms with van der Waals surface area (Å²) in [5.74, 6) is 2.43. The van der Waals surface area contributed by atoms with Gasteiger partial charge in [-0.2, -0.15) is 5.10 Å². The minimum absolute atomic E-state index is 0.664. The lowest BCUT2D eigenvalue weighted by Crippen LogP contribution is -2.36. The molecule has 0 bridgehead atoms. The molecule has 1 N–H and O–H groups in total. The zero-order valence-electron chi connectivity index (χ0n) is 15.1. The van der Waals surface area contributed by atoms with Gasteiger partial charge in [0.15, 0.2) is 5.82 Å². The summed E-state index contributed by atoms with van der Waals surface area (Å²) in [4.78, 5) is 10.7. The second-order valence-electron chi connectivity index (χ2n) is 6.00. The number of rotatable bonds is 8. The average Bonchev–Trinajstić information content (AvgIpc) is 2.70. The highest BCUT2D eigenvalue weighted by Gasteiger charge is 2.12. The Kier molecular flexibility index (Phi) is 6.78. The third-order valence-electron chi connectivity index (χ3n) is 4.03. The molecule has 0 unspecified atom stereocenters.